The van der Waals surface area contributed by atoms with E-state index in [4.69, 9.17) is 13.3 Å². The van der Waals surface area contributed by atoms with Gasteiger partial charge in [-0.05, 0) is 69.1 Å². The fourth-order valence-corrected chi connectivity index (χ4v) is 7.13. The third-order valence-electron chi connectivity index (χ3n) is 8.95. The molecule has 3 aromatic heterocycles. The Morgan fingerprint density at radius 3 is 1.58 bits per heavy atom. The van der Waals surface area contributed by atoms with E-state index in [2.05, 4.69) is 103 Å². The molecule has 0 aliphatic carbocycles. The summed E-state index contributed by atoms with van der Waals surface area (Å²) < 4.78 is 19.0. The van der Waals surface area contributed by atoms with Crippen LogP contribution in [0.2, 0.25) is 0 Å². The number of para-hydroxylation sites is 2. The summed E-state index contributed by atoms with van der Waals surface area (Å²) in [6.07, 6.45) is 1.77. The van der Waals surface area contributed by atoms with Gasteiger partial charge in [0.05, 0.1) is 6.26 Å². The van der Waals surface area contributed by atoms with E-state index in [-0.39, 0.29) is 0 Å². The largest absolute Gasteiger partial charge is 0.464 e. The molecule has 0 saturated heterocycles. The average Bonchev–Trinajstić information content (AvgIpc) is 3.77. The minimum Gasteiger partial charge on any atom is -0.464 e. The highest BCUT2D eigenvalue weighted by Gasteiger charge is 2.23. The second-order valence-corrected chi connectivity index (χ2v) is 11.2. The van der Waals surface area contributed by atoms with Crippen LogP contribution in [0.5, 0.6) is 0 Å². The fourth-order valence-electron chi connectivity index (χ4n) is 7.13. The minimum atomic E-state index is 0.849. The molecule has 3 heteroatoms. The van der Waals surface area contributed by atoms with Crippen molar-refractivity contribution in [2.75, 3.05) is 0 Å². The van der Waals surface area contributed by atoms with Gasteiger partial charge in [0.15, 0.2) is 0 Å². The van der Waals surface area contributed by atoms with Gasteiger partial charge >= 0.3 is 0 Å². The molecule has 0 unspecified atom stereocenters. The third-order valence-corrected chi connectivity index (χ3v) is 8.95. The maximum Gasteiger partial charge on any atom is 0.144 e. The molecule has 0 fully saturated rings. The van der Waals surface area contributed by atoms with Gasteiger partial charge in [-0.3, -0.25) is 0 Å². The monoisotopic (exact) mass is 550 g/mol. The Bertz CT molecular complexity index is 2680. The SMILES string of the molecule is c1ccc2c(c1)oc1cc(-c3c4ccccc4c(-c4c5ccoc5cc5c4oc4ccccc45)c4ccccc34)ccc12. The van der Waals surface area contributed by atoms with Gasteiger partial charge < -0.3 is 13.3 Å². The van der Waals surface area contributed by atoms with Crippen molar-refractivity contribution < 1.29 is 13.3 Å². The van der Waals surface area contributed by atoms with Gasteiger partial charge in [0.1, 0.15) is 27.9 Å². The zero-order valence-corrected chi connectivity index (χ0v) is 22.9. The Kier molecular flexibility index (Phi) is 4.45. The molecule has 0 bridgehead atoms. The highest BCUT2D eigenvalue weighted by atomic mass is 16.3. The first kappa shape index (κ1) is 22.8. The first-order valence-corrected chi connectivity index (χ1v) is 14.5. The summed E-state index contributed by atoms with van der Waals surface area (Å²) in [5.74, 6) is 0. The molecule has 200 valence electrons. The Morgan fingerprint density at radius 2 is 0.884 bits per heavy atom. The van der Waals surface area contributed by atoms with Crippen LogP contribution in [0.25, 0.3) is 98.6 Å². The van der Waals surface area contributed by atoms with Crippen molar-refractivity contribution in [3.05, 3.63) is 134 Å². The smallest absolute Gasteiger partial charge is 0.144 e. The van der Waals surface area contributed by atoms with Crippen LogP contribution >= 0.6 is 0 Å². The zero-order chi connectivity index (χ0) is 28.1. The summed E-state index contributed by atoms with van der Waals surface area (Å²) >= 11 is 0. The van der Waals surface area contributed by atoms with Gasteiger partial charge in [-0.15, -0.1) is 0 Å². The molecule has 0 radical (unpaired) electrons. The molecule has 43 heavy (non-hydrogen) atoms. The number of benzene rings is 7. The van der Waals surface area contributed by atoms with Gasteiger partial charge in [0.2, 0.25) is 0 Å². The van der Waals surface area contributed by atoms with Gasteiger partial charge in [0.25, 0.3) is 0 Å². The van der Waals surface area contributed by atoms with Crippen LogP contribution in [0.3, 0.4) is 0 Å². The molecule has 0 N–H and O–H groups in total. The quantitative estimate of drug-likeness (QED) is 0.201. The van der Waals surface area contributed by atoms with Gasteiger partial charge in [0, 0.05) is 38.1 Å². The number of hydrogen-bond acceptors (Lipinski definition) is 3. The van der Waals surface area contributed by atoms with Crippen molar-refractivity contribution >= 4 is 76.4 Å². The maximum absolute atomic E-state index is 6.65. The number of fused-ring (bicyclic) bond motifs is 9. The standard InChI is InChI=1S/C40H22O3/c1-3-13-29-27(11-1)37(23-17-18-26-24-9-5-7-15-33(24)42-36(26)21-23)28-12-2-4-14-30(28)38(29)39-31-19-20-41-35(31)22-32-25-10-6-8-16-34(25)43-40(32)39/h1-22H. The summed E-state index contributed by atoms with van der Waals surface area (Å²) in [6.45, 7) is 0. The lowest BCUT2D eigenvalue weighted by atomic mass is 9.84. The Morgan fingerprint density at radius 1 is 0.326 bits per heavy atom. The van der Waals surface area contributed by atoms with Gasteiger partial charge in [-0.1, -0.05) is 91.0 Å². The number of hydrogen-bond donors (Lipinski definition) is 0. The maximum atomic E-state index is 6.65. The molecule has 7 aromatic carbocycles. The van der Waals surface area contributed by atoms with Crippen molar-refractivity contribution in [1.82, 2.24) is 0 Å². The molecular formula is C40H22O3. The Hall–Kier alpha value is -5.80. The molecule has 0 atom stereocenters. The van der Waals surface area contributed by atoms with Crippen LogP contribution in [0.4, 0.5) is 0 Å². The van der Waals surface area contributed by atoms with Gasteiger partial charge in [-0.2, -0.15) is 0 Å². The van der Waals surface area contributed by atoms with E-state index in [0.29, 0.717) is 0 Å². The van der Waals surface area contributed by atoms with E-state index in [9.17, 15) is 0 Å². The predicted octanol–water partition coefficient (Wildman–Crippen LogP) is 11.9. The van der Waals surface area contributed by atoms with E-state index in [1.54, 1.807) is 6.26 Å². The second-order valence-electron chi connectivity index (χ2n) is 11.2. The van der Waals surface area contributed by atoms with Crippen LogP contribution in [0.1, 0.15) is 0 Å². The Balaban J connectivity index is 1.37. The van der Waals surface area contributed by atoms with Crippen molar-refractivity contribution in [3.63, 3.8) is 0 Å². The Labute approximate surface area is 245 Å². The van der Waals surface area contributed by atoms with E-state index in [1.807, 2.05) is 24.3 Å². The van der Waals surface area contributed by atoms with Crippen LogP contribution in [-0.4, -0.2) is 0 Å². The highest BCUT2D eigenvalue weighted by molar-refractivity contribution is 6.28. The summed E-state index contributed by atoms with van der Waals surface area (Å²) in [5.41, 5.74) is 8.92. The summed E-state index contributed by atoms with van der Waals surface area (Å²) in [6, 6.07) is 44.7. The fraction of sp³-hybridized carbons (Fsp3) is 0. The molecule has 0 amide bonds. The third kappa shape index (κ3) is 3.08. The molecule has 0 aliphatic heterocycles. The molecule has 10 rings (SSSR count). The first-order chi connectivity index (χ1) is 21.3. The zero-order valence-electron chi connectivity index (χ0n) is 22.9. The number of rotatable bonds is 2. The molecule has 10 aromatic rings. The van der Waals surface area contributed by atoms with Crippen molar-refractivity contribution in [3.8, 4) is 22.3 Å². The lowest BCUT2D eigenvalue weighted by Gasteiger charge is -2.18. The van der Waals surface area contributed by atoms with E-state index < -0.39 is 0 Å². The minimum absolute atomic E-state index is 0.849. The predicted molar refractivity (Wildman–Crippen MR) is 177 cm³/mol. The van der Waals surface area contributed by atoms with E-state index >= 15 is 0 Å². The summed E-state index contributed by atoms with van der Waals surface area (Å²) in [5, 5.41) is 10.1. The molecule has 3 heterocycles. The van der Waals surface area contributed by atoms with Crippen LogP contribution in [0, 0.1) is 0 Å². The van der Waals surface area contributed by atoms with Gasteiger partial charge in [-0.25, -0.2) is 0 Å². The van der Waals surface area contributed by atoms with Crippen LogP contribution in [0.15, 0.2) is 147 Å². The van der Waals surface area contributed by atoms with Crippen molar-refractivity contribution in [2.24, 2.45) is 0 Å². The highest BCUT2D eigenvalue weighted by Crippen LogP contribution is 2.49. The first-order valence-electron chi connectivity index (χ1n) is 14.5. The topological polar surface area (TPSA) is 39.4 Å². The van der Waals surface area contributed by atoms with Crippen molar-refractivity contribution in [2.45, 2.75) is 0 Å². The second kappa shape index (κ2) is 8.37. The molecule has 0 aliphatic rings. The molecule has 0 spiro atoms. The lowest BCUT2D eigenvalue weighted by molar-refractivity contribution is 0.616. The summed E-state index contributed by atoms with van der Waals surface area (Å²) in [7, 11) is 0. The average molecular weight is 551 g/mol. The van der Waals surface area contributed by atoms with E-state index in [1.165, 1.54) is 16.3 Å². The van der Waals surface area contributed by atoms with Crippen molar-refractivity contribution in [1.29, 1.82) is 0 Å². The molecular weight excluding hydrogens is 528 g/mol. The van der Waals surface area contributed by atoms with E-state index in [0.717, 1.165) is 82.3 Å². The lowest BCUT2D eigenvalue weighted by Crippen LogP contribution is -1.91. The summed E-state index contributed by atoms with van der Waals surface area (Å²) in [4.78, 5) is 0. The molecule has 0 saturated carbocycles. The molecule has 3 nitrogen and oxygen atoms in total. The number of furan rings is 3. The normalized spacial score (nSPS) is 12.2. The van der Waals surface area contributed by atoms with Crippen LogP contribution < -0.4 is 0 Å². The van der Waals surface area contributed by atoms with Crippen LogP contribution in [-0.2, 0) is 0 Å².